The summed E-state index contributed by atoms with van der Waals surface area (Å²) in [5.74, 6) is 0.00790. The van der Waals surface area contributed by atoms with Crippen LogP contribution in [0.3, 0.4) is 0 Å². The van der Waals surface area contributed by atoms with E-state index in [0.717, 1.165) is 65.3 Å². The first-order valence-corrected chi connectivity index (χ1v) is 13.0. The van der Waals surface area contributed by atoms with Crippen molar-refractivity contribution in [2.75, 3.05) is 10.8 Å². The first-order chi connectivity index (χ1) is 14.0. The Morgan fingerprint density at radius 1 is 0.897 bits per heavy atom. The maximum absolute atomic E-state index is 12.6. The van der Waals surface area contributed by atoms with Gasteiger partial charge in [-0.3, -0.25) is 0 Å². The normalized spacial score (nSPS) is 13.3. The summed E-state index contributed by atoms with van der Waals surface area (Å²) in [5, 5.41) is 1.59. The lowest BCUT2D eigenvalue weighted by Gasteiger charge is -2.33. The summed E-state index contributed by atoms with van der Waals surface area (Å²) in [4.78, 5) is 2.16. The van der Waals surface area contributed by atoms with Gasteiger partial charge in [-0.2, -0.15) is 8.42 Å². The fourth-order valence-corrected chi connectivity index (χ4v) is 5.76. The van der Waals surface area contributed by atoms with Crippen molar-refractivity contribution >= 4 is 33.3 Å². The highest BCUT2D eigenvalue weighted by Gasteiger charge is 2.31. The molecule has 0 saturated heterocycles. The van der Waals surface area contributed by atoms with Crippen LogP contribution in [0.4, 0.5) is 11.4 Å². The van der Waals surface area contributed by atoms with Crippen LogP contribution >= 0.6 is 11.8 Å². The van der Waals surface area contributed by atoms with Crippen molar-refractivity contribution in [1.82, 2.24) is 0 Å². The van der Waals surface area contributed by atoms with Gasteiger partial charge < -0.3 is 0 Å². The minimum absolute atomic E-state index is 0.00790. The zero-order valence-corrected chi connectivity index (χ0v) is 19.2. The average Bonchev–Trinajstić information content (AvgIpc) is 2.70. The van der Waals surface area contributed by atoms with Crippen LogP contribution in [0.5, 0.6) is 0 Å². The lowest BCUT2D eigenvalue weighted by molar-refractivity contribution is 0.318. The van der Waals surface area contributed by atoms with E-state index in [-0.39, 0.29) is 5.75 Å². The van der Waals surface area contributed by atoms with Gasteiger partial charge in [0.25, 0.3) is 10.1 Å². The van der Waals surface area contributed by atoms with E-state index in [2.05, 4.69) is 38.1 Å². The summed E-state index contributed by atoms with van der Waals surface area (Å²) < 4.78 is 31.0. The molecule has 0 amide bonds. The third kappa shape index (κ3) is 5.16. The molecule has 0 bridgehead atoms. The topological polar surface area (TPSA) is 46.6 Å². The molecule has 0 radical (unpaired) electrons. The Balaban J connectivity index is 2.12. The summed E-state index contributed by atoms with van der Waals surface area (Å²) >= 11 is 1.73. The van der Waals surface area contributed by atoms with Crippen LogP contribution in [-0.2, 0) is 27.2 Å². The third-order valence-corrected chi connectivity index (χ3v) is 7.54. The quantitative estimate of drug-likeness (QED) is 0.420. The fraction of sp³-hybridized carbons (Fsp3) is 0.478. The van der Waals surface area contributed by atoms with Gasteiger partial charge in [-0.25, -0.2) is 5.06 Å². The van der Waals surface area contributed by atoms with Crippen LogP contribution < -0.4 is 5.06 Å². The number of anilines is 2. The molecule has 0 aliphatic carbocycles. The third-order valence-electron chi connectivity index (χ3n) is 5.03. The molecule has 0 unspecified atom stereocenters. The van der Waals surface area contributed by atoms with Crippen LogP contribution in [0.25, 0.3) is 0 Å². The standard InChI is InChI=1S/C23H31NO3S2/c1-4-7-11-18-13-10-16-21-22(18)24(27-29(25,26)17-6-3)20-15-9-14-19(12-8-5-2)23(20)28-21/h9-10,13-16H,4-8,11-12,17H2,1-3H3. The summed E-state index contributed by atoms with van der Waals surface area (Å²) in [6.07, 6.45) is 6.78. The number of hydrogen-bond acceptors (Lipinski definition) is 5. The van der Waals surface area contributed by atoms with Gasteiger partial charge in [0.05, 0.1) is 17.1 Å². The number of benzene rings is 2. The second-order valence-electron chi connectivity index (χ2n) is 7.47. The Morgan fingerprint density at radius 2 is 1.55 bits per heavy atom. The van der Waals surface area contributed by atoms with Gasteiger partial charge in [-0.1, -0.05) is 69.6 Å². The van der Waals surface area contributed by atoms with Crippen molar-refractivity contribution in [2.24, 2.45) is 0 Å². The smallest absolute Gasteiger partial charge is 0.202 e. The van der Waals surface area contributed by atoms with Crippen molar-refractivity contribution in [3.8, 4) is 0 Å². The minimum Gasteiger partial charge on any atom is -0.202 e. The van der Waals surface area contributed by atoms with Gasteiger partial charge >= 0.3 is 0 Å². The lowest BCUT2D eigenvalue weighted by atomic mass is 10.0. The maximum atomic E-state index is 12.6. The van der Waals surface area contributed by atoms with Crippen molar-refractivity contribution < 1.29 is 12.7 Å². The zero-order valence-electron chi connectivity index (χ0n) is 17.6. The first kappa shape index (κ1) is 22.2. The average molecular weight is 434 g/mol. The largest absolute Gasteiger partial charge is 0.288 e. The first-order valence-electron chi connectivity index (χ1n) is 10.6. The highest BCUT2D eigenvalue weighted by molar-refractivity contribution is 7.99. The fourth-order valence-electron chi connectivity index (χ4n) is 3.57. The molecule has 2 aromatic rings. The second-order valence-corrected chi connectivity index (χ2v) is 10.2. The predicted octanol–water partition coefficient (Wildman–Crippen LogP) is 6.65. The number of fused-ring (bicyclic) bond motifs is 2. The van der Waals surface area contributed by atoms with Crippen molar-refractivity contribution in [3.05, 3.63) is 47.5 Å². The van der Waals surface area contributed by atoms with E-state index in [1.807, 2.05) is 19.1 Å². The summed E-state index contributed by atoms with van der Waals surface area (Å²) in [6.45, 7) is 6.20. The number of hydrogen-bond donors (Lipinski definition) is 0. The highest BCUT2D eigenvalue weighted by Crippen LogP contribution is 2.51. The van der Waals surface area contributed by atoms with Crippen LogP contribution in [0.1, 0.15) is 64.0 Å². The number of unbranched alkanes of at least 4 members (excludes halogenated alkanes) is 2. The molecule has 0 atom stereocenters. The van der Waals surface area contributed by atoms with Gasteiger partial charge in [-0.15, -0.1) is 4.28 Å². The molecule has 0 fully saturated rings. The van der Waals surface area contributed by atoms with Crippen molar-refractivity contribution in [2.45, 2.75) is 75.5 Å². The van der Waals surface area contributed by atoms with E-state index in [1.165, 1.54) is 5.56 Å². The summed E-state index contributed by atoms with van der Waals surface area (Å²) in [6, 6.07) is 12.3. The van der Waals surface area contributed by atoms with E-state index in [1.54, 1.807) is 16.8 Å². The van der Waals surface area contributed by atoms with Crippen molar-refractivity contribution in [1.29, 1.82) is 0 Å². The molecule has 1 aliphatic heterocycles. The van der Waals surface area contributed by atoms with Gasteiger partial charge in [0.2, 0.25) is 0 Å². The maximum Gasteiger partial charge on any atom is 0.288 e. The molecule has 6 heteroatoms. The van der Waals surface area contributed by atoms with Gasteiger partial charge in [-0.05, 0) is 55.4 Å². The molecule has 4 nitrogen and oxygen atoms in total. The molecule has 0 aromatic heterocycles. The molecule has 29 heavy (non-hydrogen) atoms. The number of rotatable bonds is 10. The summed E-state index contributed by atoms with van der Waals surface area (Å²) in [5.41, 5.74) is 4.10. The van der Waals surface area contributed by atoms with Gasteiger partial charge in [0.15, 0.2) is 0 Å². The Labute approximate surface area is 179 Å². The Bertz CT molecular complexity index is 941. The van der Waals surface area contributed by atoms with E-state index >= 15 is 0 Å². The van der Waals surface area contributed by atoms with Gasteiger partial charge in [0.1, 0.15) is 0 Å². The summed E-state index contributed by atoms with van der Waals surface area (Å²) in [7, 11) is -3.67. The van der Waals surface area contributed by atoms with Crippen LogP contribution in [0.2, 0.25) is 0 Å². The molecular weight excluding hydrogens is 402 g/mol. The van der Waals surface area contributed by atoms with E-state index in [9.17, 15) is 8.42 Å². The van der Waals surface area contributed by atoms with Gasteiger partial charge in [0, 0.05) is 9.79 Å². The molecule has 0 N–H and O–H groups in total. The molecule has 1 heterocycles. The Morgan fingerprint density at radius 3 is 2.24 bits per heavy atom. The molecule has 1 aliphatic rings. The molecule has 2 aromatic carbocycles. The van der Waals surface area contributed by atoms with E-state index in [0.29, 0.717) is 6.42 Å². The molecule has 158 valence electrons. The van der Waals surface area contributed by atoms with Crippen LogP contribution in [-0.4, -0.2) is 14.2 Å². The lowest BCUT2D eigenvalue weighted by Crippen LogP contribution is -2.28. The minimum atomic E-state index is -3.67. The van der Waals surface area contributed by atoms with Crippen LogP contribution in [0.15, 0.2) is 46.2 Å². The monoisotopic (exact) mass is 433 g/mol. The molecule has 3 rings (SSSR count). The molecule has 0 spiro atoms. The number of para-hydroxylation sites is 1. The van der Waals surface area contributed by atoms with E-state index in [4.69, 9.17) is 4.28 Å². The van der Waals surface area contributed by atoms with Crippen LogP contribution in [0, 0.1) is 0 Å². The predicted molar refractivity (Wildman–Crippen MR) is 122 cm³/mol. The molecule has 0 saturated carbocycles. The van der Waals surface area contributed by atoms with Crippen molar-refractivity contribution in [3.63, 3.8) is 0 Å². The Kier molecular flexibility index (Phi) is 7.66. The number of nitrogens with zero attached hydrogens (tertiary/aromatic N) is 1. The van der Waals surface area contributed by atoms with E-state index < -0.39 is 10.1 Å². The second kappa shape index (κ2) is 10.0. The highest BCUT2D eigenvalue weighted by atomic mass is 32.2. The molecular formula is C23H31NO3S2. The SMILES string of the molecule is CCCCc1cccc2c1Sc1cccc(CCCC)c1N2OS(=O)(=O)CCC. The Hall–Kier alpha value is -1.50. The number of aryl methyl sites for hydroxylation is 2. The zero-order chi connectivity index (χ0) is 20.9.